The Morgan fingerprint density at radius 1 is 1.18 bits per heavy atom. The van der Waals surface area contributed by atoms with Crippen molar-refractivity contribution in [2.24, 2.45) is 5.92 Å². The number of hydrogen-bond donors (Lipinski definition) is 4. The Morgan fingerprint density at radius 3 is 2.49 bits per heavy atom. The lowest BCUT2D eigenvalue weighted by molar-refractivity contribution is -0.205. The summed E-state index contributed by atoms with van der Waals surface area (Å²) >= 11 is 7.58. The molecule has 3 heterocycles. The second kappa shape index (κ2) is 14.2. The van der Waals surface area contributed by atoms with Crippen LogP contribution in [0.5, 0.6) is 0 Å². The quantitative estimate of drug-likeness (QED) is 0.307. The number of nitrogens with zero attached hydrogens (tertiary/aromatic N) is 1. The van der Waals surface area contributed by atoms with Gasteiger partial charge in [-0.2, -0.15) is 0 Å². The van der Waals surface area contributed by atoms with Crippen molar-refractivity contribution in [1.82, 2.24) is 10.2 Å². The van der Waals surface area contributed by atoms with Gasteiger partial charge in [0, 0.05) is 6.54 Å². The van der Waals surface area contributed by atoms with Crippen molar-refractivity contribution < 1.29 is 43.2 Å². The fourth-order valence-electron chi connectivity index (χ4n) is 5.16. The molecule has 2 aliphatic rings. The van der Waals surface area contributed by atoms with E-state index in [1.54, 1.807) is 13.2 Å². The highest BCUT2D eigenvalue weighted by molar-refractivity contribution is 7.99. The Hall–Kier alpha value is -1.77. The molecule has 1 aromatic heterocycles. The minimum Gasteiger partial charge on any atom is -0.441 e. The van der Waals surface area contributed by atoms with E-state index < -0.39 is 65.1 Å². The van der Waals surface area contributed by atoms with E-state index in [9.17, 15) is 29.7 Å². The molecule has 222 valence electrons. The summed E-state index contributed by atoms with van der Waals surface area (Å²) in [7, 11) is 0. The van der Waals surface area contributed by atoms with Crippen molar-refractivity contribution in [2.45, 2.75) is 107 Å². The summed E-state index contributed by atoms with van der Waals surface area (Å²) in [6.07, 6.45) is -0.797. The van der Waals surface area contributed by atoms with Crippen LogP contribution in [0, 0.1) is 12.8 Å². The number of hydrogen-bond acceptors (Lipinski definition) is 11. The lowest BCUT2D eigenvalue weighted by atomic mass is 9.92. The lowest BCUT2D eigenvalue weighted by Gasteiger charge is -2.44. The van der Waals surface area contributed by atoms with Gasteiger partial charge in [-0.05, 0) is 45.3 Å². The van der Waals surface area contributed by atoms with Gasteiger partial charge in [-0.1, -0.05) is 19.8 Å². The van der Waals surface area contributed by atoms with Crippen LogP contribution in [-0.2, 0) is 20.9 Å². The van der Waals surface area contributed by atoms with E-state index in [0.29, 0.717) is 25.2 Å². The van der Waals surface area contributed by atoms with Crippen LogP contribution in [0.2, 0.25) is 0 Å². The largest absolute Gasteiger partial charge is 0.519 e. The maximum Gasteiger partial charge on any atom is 0.519 e. The minimum absolute atomic E-state index is 0.0802. The molecule has 0 saturated carbocycles. The molecule has 2 saturated heterocycles. The van der Waals surface area contributed by atoms with Crippen molar-refractivity contribution >= 4 is 35.4 Å². The molecular formula is C25H39ClN2O10S. The maximum absolute atomic E-state index is 13.7. The third-order valence-electron chi connectivity index (χ3n) is 7.40. The predicted octanol–water partition coefficient (Wildman–Crippen LogP) is 1.73. The Morgan fingerprint density at radius 2 is 1.90 bits per heavy atom. The van der Waals surface area contributed by atoms with Crippen molar-refractivity contribution in [3.63, 3.8) is 0 Å². The van der Waals surface area contributed by atoms with Crippen LogP contribution in [0.3, 0.4) is 0 Å². The average molecular weight is 595 g/mol. The number of carbonyl (C=O) groups excluding carboxylic acids is 2. The van der Waals surface area contributed by atoms with E-state index >= 15 is 0 Å². The van der Waals surface area contributed by atoms with Gasteiger partial charge in [0.15, 0.2) is 18.1 Å². The molecule has 1 unspecified atom stereocenters. The Labute approximate surface area is 236 Å². The van der Waals surface area contributed by atoms with E-state index in [0.717, 1.165) is 24.6 Å². The number of carbonyl (C=O) groups is 2. The second-order valence-electron chi connectivity index (χ2n) is 10.1. The average Bonchev–Trinajstić information content (AvgIpc) is 3.08. The number of amides is 2. The van der Waals surface area contributed by atoms with Gasteiger partial charge in [-0.25, -0.2) is 9.59 Å². The van der Waals surface area contributed by atoms with Crippen LogP contribution in [0.4, 0.5) is 4.79 Å². The Bertz CT molecular complexity index is 1020. The number of rotatable bonds is 9. The molecule has 12 nitrogen and oxygen atoms in total. The first-order valence-electron chi connectivity index (χ1n) is 13.2. The number of ether oxygens (including phenoxy) is 2. The molecule has 0 spiro atoms. The van der Waals surface area contributed by atoms with Gasteiger partial charge >= 0.3 is 11.9 Å². The first-order valence-corrected chi connectivity index (χ1v) is 14.9. The number of thioether (sulfide) groups is 1. The van der Waals surface area contributed by atoms with Crippen molar-refractivity contribution in [1.29, 1.82) is 0 Å². The first-order chi connectivity index (χ1) is 18.5. The molecular weight excluding hydrogens is 556 g/mol. The van der Waals surface area contributed by atoms with E-state index in [1.165, 1.54) is 11.8 Å². The van der Waals surface area contributed by atoms with E-state index in [2.05, 4.69) is 12.2 Å². The van der Waals surface area contributed by atoms with Crippen LogP contribution in [0.15, 0.2) is 13.6 Å². The molecule has 39 heavy (non-hydrogen) atoms. The van der Waals surface area contributed by atoms with Crippen LogP contribution in [-0.4, -0.2) is 92.3 Å². The highest BCUT2D eigenvalue weighted by Gasteiger charge is 2.48. The summed E-state index contributed by atoms with van der Waals surface area (Å²) in [4.78, 5) is 39.5. The molecule has 9 atom stereocenters. The number of aliphatic hydroxyl groups is 3. The van der Waals surface area contributed by atoms with Crippen molar-refractivity contribution in [2.75, 3.05) is 12.8 Å². The van der Waals surface area contributed by atoms with Crippen molar-refractivity contribution in [3.8, 4) is 0 Å². The number of likely N-dealkylation sites (tertiary alicyclic amines) is 1. The molecule has 3 rings (SSSR count). The Kier molecular flexibility index (Phi) is 11.6. The summed E-state index contributed by atoms with van der Waals surface area (Å²) < 4.78 is 20.9. The fraction of sp³-hybridized carbons (Fsp3) is 0.800. The van der Waals surface area contributed by atoms with Gasteiger partial charge in [0.25, 0.3) is 0 Å². The summed E-state index contributed by atoms with van der Waals surface area (Å²) in [6.45, 7) is 5.15. The molecule has 2 amide bonds. The molecule has 0 aliphatic carbocycles. The molecule has 0 radical (unpaired) electrons. The van der Waals surface area contributed by atoms with Gasteiger partial charge in [-0.3, -0.25) is 9.69 Å². The zero-order valence-corrected chi connectivity index (χ0v) is 24.2. The van der Waals surface area contributed by atoms with Gasteiger partial charge in [0.05, 0.1) is 11.4 Å². The van der Waals surface area contributed by atoms with Crippen LogP contribution in [0.25, 0.3) is 0 Å². The molecule has 2 fully saturated rings. The number of alkyl halides is 1. The molecule has 14 heteroatoms. The predicted molar refractivity (Wildman–Crippen MR) is 142 cm³/mol. The van der Waals surface area contributed by atoms with Gasteiger partial charge in [-0.15, -0.1) is 23.4 Å². The monoisotopic (exact) mass is 594 g/mol. The second-order valence-corrected chi connectivity index (χ2v) is 11.7. The number of aliphatic hydroxyl groups excluding tert-OH is 3. The molecule has 1 aromatic rings. The lowest BCUT2D eigenvalue weighted by Crippen LogP contribution is -2.65. The third-order valence-corrected chi connectivity index (χ3v) is 8.52. The number of halogens is 1. The van der Waals surface area contributed by atoms with Gasteiger partial charge < -0.3 is 38.9 Å². The number of aryl methyl sites for hydroxylation is 1. The zero-order valence-electron chi connectivity index (χ0n) is 22.6. The highest BCUT2D eigenvalue weighted by atomic mass is 35.5. The molecule has 0 aromatic carbocycles. The smallest absolute Gasteiger partial charge is 0.441 e. The summed E-state index contributed by atoms with van der Waals surface area (Å²) in [6, 6.07) is -1.84. The Balaban J connectivity index is 1.79. The topological polar surface area (TPSA) is 172 Å². The molecule has 4 N–H and O–H groups in total. The summed E-state index contributed by atoms with van der Waals surface area (Å²) in [5.74, 6) is -0.812. The number of nitrogens with one attached hydrogen (secondary N) is 1. The minimum atomic E-state index is -1.51. The van der Waals surface area contributed by atoms with Crippen LogP contribution in [0.1, 0.15) is 57.5 Å². The zero-order chi connectivity index (χ0) is 28.9. The standard InChI is InChI=1S/C25H39ClN2O10S/c1-5-6-14-7-8-15(28(10-9-14)24(33)35-11-16-13(3)36-25(34)37-16)22(32)27-17(12(2)26)21-19(30)18(29)20(31)23(38-21)39-4/h12,14-15,17-21,23,29-31H,5-11H2,1-4H3,(H,27,32)/t12-,14?,15-,17+,18-,19+,20+,21+,23+/m0/s1. The normalized spacial score (nSPS) is 31.3. The molecule has 0 bridgehead atoms. The summed E-state index contributed by atoms with van der Waals surface area (Å²) in [5.41, 5.74) is -0.839. The maximum atomic E-state index is 13.7. The van der Waals surface area contributed by atoms with Crippen LogP contribution >= 0.6 is 23.4 Å². The molecule has 2 aliphatic heterocycles. The highest BCUT2D eigenvalue weighted by Crippen LogP contribution is 2.31. The van der Waals surface area contributed by atoms with Crippen molar-refractivity contribution in [3.05, 3.63) is 22.1 Å². The van der Waals surface area contributed by atoms with E-state index in [-0.39, 0.29) is 24.7 Å². The first kappa shape index (κ1) is 31.8. The van der Waals surface area contributed by atoms with Crippen LogP contribution < -0.4 is 11.1 Å². The van der Waals surface area contributed by atoms with E-state index in [1.807, 2.05) is 0 Å². The van der Waals surface area contributed by atoms with Gasteiger partial charge in [0.2, 0.25) is 5.91 Å². The summed E-state index contributed by atoms with van der Waals surface area (Å²) in [5, 5.41) is 33.4. The fourth-order valence-corrected chi connectivity index (χ4v) is 6.05. The van der Waals surface area contributed by atoms with E-state index in [4.69, 9.17) is 29.9 Å². The SMILES string of the molecule is CCCC1CC[C@@H](C(=O)N[C@@H]([C@H]2O[C@H](SC)[C@H](O)[C@@H](O)[C@H]2O)[C@H](C)Cl)N(C(=O)OCc2oc(=O)oc2C)CC1. The third kappa shape index (κ3) is 7.70. The van der Waals surface area contributed by atoms with Gasteiger partial charge in [0.1, 0.15) is 35.9 Å².